The summed E-state index contributed by atoms with van der Waals surface area (Å²) in [5.41, 5.74) is -1.60. The Labute approximate surface area is 217 Å². The predicted octanol–water partition coefficient (Wildman–Crippen LogP) is 2.74. The second kappa shape index (κ2) is 13.7. The van der Waals surface area contributed by atoms with Gasteiger partial charge in [-0.25, -0.2) is 0 Å². The van der Waals surface area contributed by atoms with Gasteiger partial charge in [-0.2, -0.15) is 0 Å². The smallest absolute Gasteiger partial charge is 0.251 e. The largest absolute Gasteiger partial charge is 0.510 e. The lowest BCUT2D eigenvalue weighted by Crippen LogP contribution is -2.46. The molecule has 3 unspecified atom stereocenters. The minimum atomic E-state index is -1.89. The van der Waals surface area contributed by atoms with E-state index in [1.165, 1.54) is 30.4 Å². The molecule has 5 N–H and O–H groups in total. The van der Waals surface area contributed by atoms with Crippen molar-refractivity contribution in [2.24, 2.45) is 5.92 Å². The summed E-state index contributed by atoms with van der Waals surface area (Å²) in [4.78, 5) is 48.3. The second-order valence-corrected chi connectivity index (χ2v) is 9.36. The SMILES string of the molecule is CCC(C)CCC=C(C)C(=O)NC1=CC(O)(C=CC=CC=CC(=O)NC2=C(O)CCC2=O)C(O)CC1=O. The van der Waals surface area contributed by atoms with E-state index in [0.717, 1.165) is 31.4 Å². The third-order valence-electron chi connectivity index (χ3n) is 6.35. The number of nitrogens with one attached hydrogen (secondary N) is 2. The molecule has 2 aliphatic rings. The van der Waals surface area contributed by atoms with Gasteiger partial charge in [0.2, 0.25) is 5.91 Å². The van der Waals surface area contributed by atoms with Crippen LogP contribution in [0.2, 0.25) is 0 Å². The molecule has 0 fully saturated rings. The van der Waals surface area contributed by atoms with Crippen LogP contribution in [0.3, 0.4) is 0 Å². The molecule has 0 radical (unpaired) electrons. The summed E-state index contributed by atoms with van der Waals surface area (Å²) in [6.45, 7) is 5.91. The summed E-state index contributed by atoms with van der Waals surface area (Å²) >= 11 is 0. The van der Waals surface area contributed by atoms with E-state index in [1.807, 2.05) is 6.08 Å². The van der Waals surface area contributed by atoms with Gasteiger partial charge in [-0.3, -0.25) is 19.2 Å². The Morgan fingerprint density at radius 1 is 1.14 bits per heavy atom. The number of aliphatic hydroxyl groups is 3. The minimum absolute atomic E-state index is 0.0864. The normalized spacial score (nSPS) is 23.9. The van der Waals surface area contributed by atoms with Gasteiger partial charge in [0, 0.05) is 30.9 Å². The van der Waals surface area contributed by atoms with Gasteiger partial charge in [-0.1, -0.05) is 50.6 Å². The van der Waals surface area contributed by atoms with Gasteiger partial charge in [0.15, 0.2) is 11.6 Å². The van der Waals surface area contributed by atoms with E-state index < -0.39 is 29.3 Å². The summed E-state index contributed by atoms with van der Waals surface area (Å²) in [6, 6.07) is 0. The first-order valence-electron chi connectivity index (χ1n) is 12.4. The number of amides is 2. The van der Waals surface area contributed by atoms with Gasteiger partial charge in [0.25, 0.3) is 5.91 Å². The Morgan fingerprint density at radius 3 is 2.49 bits per heavy atom. The molecule has 3 atom stereocenters. The Hall–Kier alpha value is -3.56. The molecule has 0 spiro atoms. The molecular formula is C28H36N2O7. The summed E-state index contributed by atoms with van der Waals surface area (Å²) in [6.07, 6.45) is 12.5. The highest BCUT2D eigenvalue weighted by Gasteiger charge is 2.38. The fourth-order valence-electron chi connectivity index (χ4n) is 3.65. The number of carbonyl (C=O) groups is 4. The van der Waals surface area contributed by atoms with Crippen LogP contribution in [0.15, 0.2) is 71.3 Å². The third kappa shape index (κ3) is 8.80. The number of Topliss-reactive ketones (excluding diaryl/α,β-unsaturated/α-hetero) is 2. The van der Waals surface area contributed by atoms with Crippen molar-refractivity contribution in [2.45, 2.75) is 71.0 Å². The van der Waals surface area contributed by atoms with Gasteiger partial charge in [0.05, 0.1) is 11.8 Å². The van der Waals surface area contributed by atoms with Crippen LogP contribution in [-0.2, 0) is 19.2 Å². The average Bonchev–Trinajstić information content (AvgIpc) is 3.16. The molecule has 0 heterocycles. The van der Waals surface area contributed by atoms with Crippen molar-refractivity contribution in [1.82, 2.24) is 10.6 Å². The summed E-state index contributed by atoms with van der Waals surface area (Å²) in [5, 5.41) is 35.6. The maximum Gasteiger partial charge on any atom is 0.251 e. The molecule has 0 aromatic heterocycles. The van der Waals surface area contributed by atoms with Gasteiger partial charge in [-0.15, -0.1) is 0 Å². The van der Waals surface area contributed by atoms with Crippen LogP contribution in [0.5, 0.6) is 0 Å². The number of carbonyl (C=O) groups excluding carboxylic acids is 4. The molecule has 9 heteroatoms. The van der Waals surface area contributed by atoms with Gasteiger partial charge in [-0.05, 0) is 37.8 Å². The molecule has 2 aliphatic carbocycles. The van der Waals surface area contributed by atoms with Crippen molar-refractivity contribution in [3.8, 4) is 0 Å². The van der Waals surface area contributed by atoms with Crippen LogP contribution in [0.4, 0.5) is 0 Å². The summed E-state index contributed by atoms with van der Waals surface area (Å²) in [5.74, 6) is -1.44. The Morgan fingerprint density at radius 2 is 1.84 bits per heavy atom. The fraction of sp³-hybridized carbons (Fsp3) is 0.429. The predicted molar refractivity (Wildman–Crippen MR) is 139 cm³/mol. The maximum atomic E-state index is 12.5. The summed E-state index contributed by atoms with van der Waals surface area (Å²) in [7, 11) is 0. The lowest BCUT2D eigenvalue weighted by Gasteiger charge is -2.31. The Balaban J connectivity index is 1.99. The van der Waals surface area contributed by atoms with E-state index in [1.54, 1.807) is 6.92 Å². The van der Waals surface area contributed by atoms with E-state index in [0.29, 0.717) is 11.5 Å². The van der Waals surface area contributed by atoms with Gasteiger partial charge in [0.1, 0.15) is 17.1 Å². The highest BCUT2D eigenvalue weighted by atomic mass is 16.3. The Kier molecular flexibility index (Phi) is 11.0. The highest BCUT2D eigenvalue weighted by Crippen LogP contribution is 2.26. The van der Waals surface area contributed by atoms with E-state index >= 15 is 0 Å². The zero-order chi connectivity index (χ0) is 27.6. The first-order chi connectivity index (χ1) is 17.5. The van der Waals surface area contributed by atoms with Crippen molar-refractivity contribution < 1.29 is 34.5 Å². The van der Waals surface area contributed by atoms with Crippen molar-refractivity contribution in [2.75, 3.05) is 0 Å². The highest BCUT2D eigenvalue weighted by molar-refractivity contribution is 6.04. The standard InChI is InChI=1S/C28H36N2O7/c1-4-18(2)10-9-11-19(3)27(36)29-20-17-28(37,24(34)16-23(20)33)15-8-6-5-7-12-25(35)30-26-21(31)13-14-22(26)32/h5-8,11-12,15,17-18,24,31,34,37H,4,9-10,13-14,16H2,1-3H3,(H,29,36)(H,30,35). The lowest BCUT2D eigenvalue weighted by atomic mass is 9.85. The molecule has 0 saturated carbocycles. The molecule has 0 aromatic rings. The van der Waals surface area contributed by atoms with Crippen LogP contribution in [0.25, 0.3) is 0 Å². The number of allylic oxidation sites excluding steroid dienone is 8. The molecular weight excluding hydrogens is 476 g/mol. The topological polar surface area (TPSA) is 153 Å². The molecule has 0 saturated heterocycles. The van der Waals surface area contributed by atoms with Crippen LogP contribution in [0, 0.1) is 5.92 Å². The molecule has 2 rings (SSSR count). The molecule has 9 nitrogen and oxygen atoms in total. The van der Waals surface area contributed by atoms with Crippen LogP contribution < -0.4 is 10.6 Å². The number of ketones is 2. The van der Waals surface area contributed by atoms with Crippen molar-refractivity contribution in [3.63, 3.8) is 0 Å². The number of aliphatic hydroxyl groups excluding tert-OH is 2. The van der Waals surface area contributed by atoms with E-state index in [-0.39, 0.29) is 42.2 Å². The van der Waals surface area contributed by atoms with Crippen LogP contribution in [0.1, 0.15) is 59.3 Å². The molecule has 2 amide bonds. The Bertz CT molecular complexity index is 1090. The molecule has 200 valence electrons. The fourth-order valence-corrected chi connectivity index (χ4v) is 3.65. The zero-order valence-electron chi connectivity index (χ0n) is 21.5. The van der Waals surface area contributed by atoms with Crippen LogP contribution >= 0.6 is 0 Å². The monoisotopic (exact) mass is 512 g/mol. The number of rotatable bonds is 11. The van der Waals surface area contributed by atoms with E-state index in [4.69, 9.17) is 0 Å². The zero-order valence-corrected chi connectivity index (χ0v) is 21.5. The molecule has 37 heavy (non-hydrogen) atoms. The summed E-state index contributed by atoms with van der Waals surface area (Å²) < 4.78 is 0. The van der Waals surface area contributed by atoms with Gasteiger partial charge >= 0.3 is 0 Å². The molecule has 0 bridgehead atoms. The first-order valence-corrected chi connectivity index (χ1v) is 12.4. The van der Waals surface area contributed by atoms with Crippen molar-refractivity contribution in [3.05, 3.63) is 71.3 Å². The number of hydrogen-bond acceptors (Lipinski definition) is 7. The molecule has 0 aliphatic heterocycles. The van der Waals surface area contributed by atoms with Crippen molar-refractivity contribution in [1.29, 1.82) is 0 Å². The average molecular weight is 513 g/mol. The van der Waals surface area contributed by atoms with Crippen LogP contribution in [-0.4, -0.2) is 50.4 Å². The first kappa shape index (κ1) is 29.7. The lowest BCUT2D eigenvalue weighted by molar-refractivity contribution is -0.125. The van der Waals surface area contributed by atoms with E-state index in [9.17, 15) is 34.5 Å². The number of hydrogen-bond donors (Lipinski definition) is 5. The van der Waals surface area contributed by atoms with Crippen molar-refractivity contribution >= 4 is 23.4 Å². The third-order valence-corrected chi connectivity index (χ3v) is 6.35. The quantitative estimate of drug-likeness (QED) is 0.211. The maximum absolute atomic E-state index is 12.5. The minimum Gasteiger partial charge on any atom is -0.510 e. The van der Waals surface area contributed by atoms with Gasteiger partial charge < -0.3 is 26.0 Å². The second-order valence-electron chi connectivity index (χ2n) is 9.36. The molecule has 0 aromatic carbocycles. The van der Waals surface area contributed by atoms with E-state index in [2.05, 4.69) is 24.5 Å².